The number of aryl methyl sites for hydroxylation is 1. The van der Waals surface area contributed by atoms with Crippen LogP contribution in [0.15, 0.2) is 54.7 Å². The number of nitrogens with zero attached hydrogens (tertiary/aromatic N) is 2. The van der Waals surface area contributed by atoms with Crippen LogP contribution in [0.25, 0.3) is 10.8 Å². The second-order valence-corrected chi connectivity index (χ2v) is 6.78. The number of ether oxygens (including phenoxy) is 1. The molecular formula is C21H23N3O. The molecule has 0 saturated carbocycles. The number of nitrogen functional groups attached to an aromatic ring is 1. The van der Waals surface area contributed by atoms with Gasteiger partial charge in [0.1, 0.15) is 17.7 Å². The molecule has 0 unspecified atom stereocenters. The second kappa shape index (κ2) is 6.73. The Morgan fingerprint density at radius 2 is 2.04 bits per heavy atom. The van der Waals surface area contributed by atoms with Gasteiger partial charge in [-0.25, -0.2) is 4.98 Å². The topological polar surface area (TPSA) is 51.4 Å². The van der Waals surface area contributed by atoms with Crippen molar-refractivity contribution in [2.45, 2.75) is 26.0 Å². The summed E-state index contributed by atoms with van der Waals surface area (Å²) in [6, 6.07) is 16.8. The maximum absolute atomic E-state index is 6.32. The van der Waals surface area contributed by atoms with E-state index in [2.05, 4.69) is 59.3 Å². The van der Waals surface area contributed by atoms with Crippen LogP contribution in [0.1, 0.15) is 17.5 Å². The van der Waals surface area contributed by atoms with Gasteiger partial charge in [-0.2, -0.15) is 0 Å². The Morgan fingerprint density at radius 3 is 2.88 bits per heavy atom. The van der Waals surface area contributed by atoms with Crippen LogP contribution >= 0.6 is 0 Å². The third-order valence-corrected chi connectivity index (χ3v) is 4.86. The Labute approximate surface area is 148 Å². The van der Waals surface area contributed by atoms with Crippen molar-refractivity contribution in [1.82, 2.24) is 9.88 Å². The molecule has 1 saturated heterocycles. The molecule has 2 heterocycles. The summed E-state index contributed by atoms with van der Waals surface area (Å²) in [4.78, 5) is 6.62. The minimum atomic E-state index is 0.235. The highest BCUT2D eigenvalue weighted by atomic mass is 16.5. The fourth-order valence-corrected chi connectivity index (χ4v) is 3.52. The van der Waals surface area contributed by atoms with Gasteiger partial charge in [-0.05, 0) is 48.1 Å². The van der Waals surface area contributed by atoms with Gasteiger partial charge in [0.2, 0.25) is 0 Å². The molecule has 25 heavy (non-hydrogen) atoms. The standard InChI is InChI=1S/C21H23N3O/c1-15-11-19-17(7-9-23-21(19)22)12-20(15)25-18-8-10-24(14-18)13-16-5-3-2-4-6-16/h2-7,9,11-12,18H,8,10,13-14H2,1H3,(H2,22,23)/t18-/m1/s1. The predicted molar refractivity (Wildman–Crippen MR) is 102 cm³/mol. The van der Waals surface area contributed by atoms with Gasteiger partial charge in [-0.3, -0.25) is 4.90 Å². The van der Waals surface area contributed by atoms with Crippen molar-refractivity contribution in [1.29, 1.82) is 0 Å². The number of fused-ring (bicyclic) bond motifs is 1. The van der Waals surface area contributed by atoms with Gasteiger partial charge in [-0.15, -0.1) is 0 Å². The molecule has 1 fully saturated rings. The number of likely N-dealkylation sites (tertiary alicyclic amines) is 1. The van der Waals surface area contributed by atoms with Gasteiger partial charge in [0.25, 0.3) is 0 Å². The van der Waals surface area contributed by atoms with Crippen molar-refractivity contribution in [2.75, 3.05) is 18.8 Å². The van der Waals surface area contributed by atoms with Crippen LogP contribution in [0, 0.1) is 6.92 Å². The van der Waals surface area contributed by atoms with Crippen LogP contribution in [0.2, 0.25) is 0 Å². The summed E-state index contributed by atoms with van der Waals surface area (Å²) in [6.45, 7) is 5.09. The number of anilines is 1. The van der Waals surface area contributed by atoms with Gasteiger partial charge in [0, 0.05) is 31.2 Å². The number of rotatable bonds is 4. The van der Waals surface area contributed by atoms with Gasteiger partial charge >= 0.3 is 0 Å². The van der Waals surface area contributed by atoms with Crippen molar-refractivity contribution in [3.63, 3.8) is 0 Å². The second-order valence-electron chi connectivity index (χ2n) is 6.78. The van der Waals surface area contributed by atoms with Crippen LogP contribution in [0.3, 0.4) is 0 Å². The number of aromatic nitrogens is 1. The van der Waals surface area contributed by atoms with Crippen molar-refractivity contribution in [3.05, 3.63) is 65.9 Å². The van der Waals surface area contributed by atoms with Crippen LogP contribution in [0.5, 0.6) is 5.75 Å². The molecule has 3 aromatic rings. The van der Waals surface area contributed by atoms with E-state index in [-0.39, 0.29) is 6.10 Å². The molecule has 4 nitrogen and oxygen atoms in total. The molecule has 1 aromatic heterocycles. The third-order valence-electron chi connectivity index (χ3n) is 4.86. The van der Waals surface area contributed by atoms with Gasteiger partial charge in [0.15, 0.2) is 0 Å². The Hall–Kier alpha value is -2.59. The van der Waals surface area contributed by atoms with E-state index in [4.69, 9.17) is 10.5 Å². The fourth-order valence-electron chi connectivity index (χ4n) is 3.52. The van der Waals surface area contributed by atoms with E-state index in [1.54, 1.807) is 6.20 Å². The van der Waals surface area contributed by atoms with E-state index >= 15 is 0 Å². The van der Waals surface area contributed by atoms with Crippen molar-refractivity contribution >= 4 is 16.6 Å². The molecular weight excluding hydrogens is 310 g/mol. The lowest BCUT2D eigenvalue weighted by Gasteiger charge is -2.18. The van der Waals surface area contributed by atoms with E-state index in [1.807, 2.05) is 6.07 Å². The van der Waals surface area contributed by atoms with E-state index in [0.717, 1.165) is 48.1 Å². The lowest BCUT2D eigenvalue weighted by Crippen LogP contribution is -2.24. The van der Waals surface area contributed by atoms with Crippen LogP contribution in [-0.4, -0.2) is 29.1 Å². The average molecular weight is 333 g/mol. The lowest BCUT2D eigenvalue weighted by molar-refractivity contribution is 0.197. The highest BCUT2D eigenvalue weighted by Gasteiger charge is 2.24. The number of pyridine rings is 1. The van der Waals surface area contributed by atoms with E-state index < -0.39 is 0 Å². The zero-order valence-electron chi connectivity index (χ0n) is 14.5. The predicted octanol–water partition coefficient (Wildman–Crippen LogP) is 3.78. The smallest absolute Gasteiger partial charge is 0.131 e. The largest absolute Gasteiger partial charge is 0.489 e. The summed E-state index contributed by atoms with van der Waals surface area (Å²) in [6.07, 6.45) is 3.04. The molecule has 4 rings (SSSR count). The zero-order valence-corrected chi connectivity index (χ0v) is 14.5. The van der Waals surface area contributed by atoms with E-state index in [1.165, 1.54) is 5.56 Å². The molecule has 1 aliphatic heterocycles. The summed E-state index contributed by atoms with van der Waals surface area (Å²) in [5, 5.41) is 2.07. The summed E-state index contributed by atoms with van der Waals surface area (Å²) < 4.78 is 6.32. The number of benzene rings is 2. The first kappa shape index (κ1) is 15.9. The first-order chi connectivity index (χ1) is 12.2. The minimum Gasteiger partial charge on any atom is -0.489 e. The highest BCUT2D eigenvalue weighted by Crippen LogP contribution is 2.29. The van der Waals surface area contributed by atoms with Gasteiger partial charge in [-0.1, -0.05) is 30.3 Å². The molecule has 0 spiro atoms. The first-order valence-electron chi connectivity index (χ1n) is 8.77. The highest BCUT2D eigenvalue weighted by molar-refractivity contribution is 5.92. The van der Waals surface area contributed by atoms with Crippen LogP contribution in [0.4, 0.5) is 5.82 Å². The van der Waals surface area contributed by atoms with Crippen LogP contribution < -0.4 is 10.5 Å². The Balaban J connectivity index is 1.46. The molecule has 128 valence electrons. The normalized spacial score (nSPS) is 17.9. The zero-order chi connectivity index (χ0) is 17.2. The molecule has 2 aromatic carbocycles. The summed E-state index contributed by atoms with van der Waals surface area (Å²) in [5.41, 5.74) is 8.43. The summed E-state index contributed by atoms with van der Waals surface area (Å²) in [7, 11) is 0. The van der Waals surface area contributed by atoms with Crippen molar-refractivity contribution in [2.24, 2.45) is 0 Å². The van der Waals surface area contributed by atoms with E-state index in [9.17, 15) is 0 Å². The lowest BCUT2D eigenvalue weighted by atomic mass is 10.1. The summed E-state index contributed by atoms with van der Waals surface area (Å²) >= 11 is 0. The molecule has 0 bridgehead atoms. The summed E-state index contributed by atoms with van der Waals surface area (Å²) in [5.74, 6) is 1.52. The maximum Gasteiger partial charge on any atom is 0.131 e. The fraction of sp³-hybridized carbons (Fsp3) is 0.286. The monoisotopic (exact) mass is 333 g/mol. The Bertz CT molecular complexity index is 879. The molecule has 0 amide bonds. The quantitative estimate of drug-likeness (QED) is 0.789. The molecule has 1 atom stereocenters. The number of hydrogen-bond acceptors (Lipinski definition) is 4. The van der Waals surface area contributed by atoms with Gasteiger partial charge < -0.3 is 10.5 Å². The Morgan fingerprint density at radius 1 is 1.20 bits per heavy atom. The van der Waals surface area contributed by atoms with Gasteiger partial charge in [0.05, 0.1) is 0 Å². The molecule has 0 aliphatic carbocycles. The average Bonchev–Trinajstić information content (AvgIpc) is 3.04. The van der Waals surface area contributed by atoms with E-state index in [0.29, 0.717) is 5.82 Å². The van der Waals surface area contributed by atoms with Crippen LogP contribution in [-0.2, 0) is 6.54 Å². The number of hydrogen-bond donors (Lipinski definition) is 1. The Kier molecular flexibility index (Phi) is 4.28. The maximum atomic E-state index is 6.32. The molecule has 1 aliphatic rings. The SMILES string of the molecule is Cc1cc2c(N)nccc2cc1O[C@@H]1CCN(Cc2ccccc2)C1. The minimum absolute atomic E-state index is 0.235. The van der Waals surface area contributed by atoms with Crippen molar-refractivity contribution in [3.8, 4) is 5.75 Å². The molecule has 2 N–H and O–H groups in total. The number of nitrogens with two attached hydrogens (primary N) is 1. The first-order valence-corrected chi connectivity index (χ1v) is 8.77. The molecule has 4 heteroatoms. The third kappa shape index (κ3) is 3.44. The molecule has 0 radical (unpaired) electrons. The van der Waals surface area contributed by atoms with Crippen molar-refractivity contribution < 1.29 is 4.74 Å².